The first-order chi connectivity index (χ1) is 10.9. The van der Waals surface area contributed by atoms with Crippen LogP contribution in [0.4, 0.5) is 0 Å². The standard InChI is InChI=1S/C17H18ClNO4/c1-19(15(21)9-10-16(22)23)17(11-5-4-8-14(17)20)12-6-2-3-7-13(12)18/h2-3,6-7,9-10H,4-5,8,11H2,1H3,(H,22,23). The van der Waals surface area contributed by atoms with Crippen molar-refractivity contribution in [2.45, 2.75) is 31.2 Å². The number of rotatable bonds is 4. The number of halogens is 1. The van der Waals surface area contributed by atoms with Crippen LogP contribution in [0.25, 0.3) is 0 Å². The van der Waals surface area contributed by atoms with E-state index in [0.717, 1.165) is 25.0 Å². The van der Waals surface area contributed by atoms with Crippen LogP contribution in [0.2, 0.25) is 5.02 Å². The van der Waals surface area contributed by atoms with Gasteiger partial charge in [0.25, 0.3) is 0 Å². The highest BCUT2D eigenvalue weighted by Gasteiger charge is 2.47. The van der Waals surface area contributed by atoms with Crippen molar-refractivity contribution in [2.75, 3.05) is 7.05 Å². The van der Waals surface area contributed by atoms with Crippen LogP contribution in [0.15, 0.2) is 36.4 Å². The molecule has 1 aliphatic rings. The molecule has 1 aliphatic carbocycles. The Bertz CT molecular complexity index is 670. The minimum Gasteiger partial charge on any atom is -0.478 e. The number of carbonyl (C=O) groups excluding carboxylic acids is 2. The van der Waals surface area contributed by atoms with Crippen molar-refractivity contribution in [2.24, 2.45) is 0 Å². The van der Waals surface area contributed by atoms with E-state index in [1.165, 1.54) is 11.9 Å². The third-order valence-corrected chi connectivity index (χ3v) is 4.57. The minimum absolute atomic E-state index is 0.0728. The molecule has 1 saturated carbocycles. The average Bonchev–Trinajstić information content (AvgIpc) is 2.53. The molecule has 6 heteroatoms. The molecule has 1 aromatic carbocycles. The molecule has 0 aromatic heterocycles. The molecule has 122 valence electrons. The van der Waals surface area contributed by atoms with E-state index in [1.807, 2.05) is 0 Å². The van der Waals surface area contributed by atoms with E-state index in [2.05, 4.69) is 0 Å². The largest absolute Gasteiger partial charge is 0.478 e. The van der Waals surface area contributed by atoms with Gasteiger partial charge in [-0.15, -0.1) is 0 Å². The fourth-order valence-corrected chi connectivity index (χ4v) is 3.36. The van der Waals surface area contributed by atoms with Crippen molar-refractivity contribution in [3.63, 3.8) is 0 Å². The van der Waals surface area contributed by atoms with Crippen LogP contribution in [0.1, 0.15) is 31.2 Å². The van der Waals surface area contributed by atoms with E-state index in [9.17, 15) is 14.4 Å². The minimum atomic E-state index is -1.21. The number of benzene rings is 1. The summed E-state index contributed by atoms with van der Waals surface area (Å²) in [4.78, 5) is 37.1. The van der Waals surface area contributed by atoms with Crippen molar-refractivity contribution in [1.29, 1.82) is 0 Å². The summed E-state index contributed by atoms with van der Waals surface area (Å²) < 4.78 is 0. The van der Waals surface area contributed by atoms with E-state index >= 15 is 0 Å². The fourth-order valence-electron chi connectivity index (χ4n) is 3.07. The van der Waals surface area contributed by atoms with E-state index in [4.69, 9.17) is 16.7 Å². The number of carboxylic acid groups (broad SMARTS) is 1. The number of aliphatic carboxylic acids is 1. The van der Waals surface area contributed by atoms with Gasteiger partial charge < -0.3 is 10.0 Å². The molecular weight excluding hydrogens is 318 g/mol. The predicted molar refractivity (Wildman–Crippen MR) is 86.2 cm³/mol. The molecule has 1 N–H and O–H groups in total. The predicted octanol–water partition coefficient (Wildman–Crippen LogP) is 2.78. The van der Waals surface area contributed by atoms with Crippen LogP contribution < -0.4 is 0 Å². The second kappa shape index (κ2) is 6.96. The first-order valence-electron chi connectivity index (χ1n) is 7.36. The van der Waals surface area contributed by atoms with Crippen LogP contribution in [-0.2, 0) is 19.9 Å². The van der Waals surface area contributed by atoms with Crippen LogP contribution in [-0.4, -0.2) is 34.7 Å². The summed E-state index contributed by atoms with van der Waals surface area (Å²) >= 11 is 6.29. The maximum atomic E-state index is 12.8. The number of carbonyl (C=O) groups is 3. The maximum absolute atomic E-state index is 12.8. The van der Waals surface area contributed by atoms with Crippen molar-refractivity contribution in [1.82, 2.24) is 4.90 Å². The Balaban J connectivity index is 2.51. The highest BCUT2D eigenvalue weighted by Crippen LogP contribution is 2.42. The number of hydrogen-bond acceptors (Lipinski definition) is 3. The molecule has 1 unspecified atom stereocenters. The van der Waals surface area contributed by atoms with E-state index in [1.54, 1.807) is 24.3 Å². The fraction of sp³-hybridized carbons (Fsp3) is 0.353. The number of likely N-dealkylation sites (N-methyl/N-ethyl adjacent to an activating group) is 1. The summed E-state index contributed by atoms with van der Waals surface area (Å²) in [5.41, 5.74) is -0.554. The van der Waals surface area contributed by atoms with Gasteiger partial charge in [0.2, 0.25) is 5.91 Å². The zero-order chi connectivity index (χ0) is 17.0. The normalized spacial score (nSPS) is 21.4. The number of amides is 1. The van der Waals surface area contributed by atoms with Gasteiger partial charge in [0.1, 0.15) is 5.54 Å². The molecule has 23 heavy (non-hydrogen) atoms. The maximum Gasteiger partial charge on any atom is 0.328 e. The van der Waals surface area contributed by atoms with E-state index in [0.29, 0.717) is 23.4 Å². The quantitative estimate of drug-likeness (QED) is 0.858. The summed E-state index contributed by atoms with van der Waals surface area (Å²) in [6, 6.07) is 6.97. The molecule has 0 heterocycles. The van der Waals surface area contributed by atoms with Gasteiger partial charge in [0, 0.05) is 36.2 Å². The molecule has 0 saturated heterocycles. The van der Waals surface area contributed by atoms with Crippen LogP contribution in [0.5, 0.6) is 0 Å². The van der Waals surface area contributed by atoms with Crippen molar-refractivity contribution in [3.05, 3.63) is 47.0 Å². The molecule has 1 atom stereocenters. The third-order valence-electron chi connectivity index (χ3n) is 4.24. The number of carboxylic acids is 1. The van der Waals surface area contributed by atoms with Crippen molar-refractivity contribution >= 4 is 29.3 Å². The molecule has 0 radical (unpaired) electrons. The third kappa shape index (κ3) is 3.29. The molecule has 1 aromatic rings. The lowest BCUT2D eigenvalue weighted by Crippen LogP contribution is -2.54. The van der Waals surface area contributed by atoms with Gasteiger partial charge in [-0.05, 0) is 25.3 Å². The highest BCUT2D eigenvalue weighted by atomic mass is 35.5. The summed E-state index contributed by atoms with van der Waals surface area (Å²) in [6.07, 6.45) is 4.13. The Labute approximate surface area is 139 Å². The Kier molecular flexibility index (Phi) is 5.21. The lowest BCUT2D eigenvalue weighted by atomic mass is 9.74. The number of ketones is 1. The monoisotopic (exact) mass is 335 g/mol. The molecule has 0 spiro atoms. The summed E-state index contributed by atoms with van der Waals surface area (Å²) in [5, 5.41) is 9.11. The van der Waals surface area contributed by atoms with E-state index in [-0.39, 0.29) is 5.78 Å². The lowest BCUT2D eigenvalue weighted by molar-refractivity contribution is -0.145. The smallest absolute Gasteiger partial charge is 0.328 e. The van der Waals surface area contributed by atoms with Gasteiger partial charge in [0.05, 0.1) is 0 Å². The van der Waals surface area contributed by atoms with Crippen LogP contribution in [0.3, 0.4) is 0 Å². The molecule has 0 bridgehead atoms. The van der Waals surface area contributed by atoms with Gasteiger partial charge >= 0.3 is 5.97 Å². The van der Waals surface area contributed by atoms with Crippen LogP contribution in [0, 0.1) is 0 Å². The SMILES string of the molecule is CN(C(=O)C=CC(=O)O)C1(c2ccccc2Cl)CCCCC1=O. The number of nitrogens with zero attached hydrogens (tertiary/aromatic N) is 1. The summed E-state index contributed by atoms with van der Waals surface area (Å²) in [6.45, 7) is 0. The van der Waals surface area contributed by atoms with Gasteiger partial charge in [-0.2, -0.15) is 0 Å². The van der Waals surface area contributed by atoms with Crippen LogP contribution >= 0.6 is 11.6 Å². The summed E-state index contributed by atoms with van der Waals surface area (Å²) in [5.74, 6) is -1.83. The molecule has 1 fully saturated rings. The Morgan fingerprint density at radius 3 is 2.57 bits per heavy atom. The van der Waals surface area contributed by atoms with E-state index < -0.39 is 17.4 Å². The van der Waals surface area contributed by atoms with Gasteiger partial charge in [-0.1, -0.05) is 29.8 Å². The molecule has 0 aliphatic heterocycles. The molecular formula is C17H18ClNO4. The van der Waals surface area contributed by atoms with Crippen molar-refractivity contribution < 1.29 is 19.5 Å². The average molecular weight is 336 g/mol. The molecule has 1 amide bonds. The number of Topliss-reactive ketones (excluding diaryl/α,β-unsaturated/α-hetero) is 1. The molecule has 2 rings (SSSR count). The zero-order valence-corrected chi connectivity index (χ0v) is 13.5. The zero-order valence-electron chi connectivity index (χ0n) is 12.8. The summed E-state index contributed by atoms with van der Waals surface area (Å²) in [7, 11) is 1.51. The first-order valence-corrected chi connectivity index (χ1v) is 7.74. The second-order valence-corrected chi connectivity index (χ2v) is 5.95. The topological polar surface area (TPSA) is 74.7 Å². The Morgan fingerprint density at radius 1 is 1.26 bits per heavy atom. The highest BCUT2D eigenvalue weighted by molar-refractivity contribution is 6.31. The van der Waals surface area contributed by atoms with Crippen molar-refractivity contribution in [3.8, 4) is 0 Å². The second-order valence-electron chi connectivity index (χ2n) is 5.54. The van der Waals surface area contributed by atoms with Gasteiger partial charge in [0.15, 0.2) is 5.78 Å². The number of hydrogen-bond donors (Lipinski definition) is 1. The lowest BCUT2D eigenvalue weighted by Gasteiger charge is -2.43. The Hall–Kier alpha value is -2.14. The Morgan fingerprint density at radius 2 is 1.96 bits per heavy atom. The first kappa shape index (κ1) is 17.2. The van der Waals surface area contributed by atoms with Gasteiger partial charge in [-0.25, -0.2) is 4.79 Å². The van der Waals surface area contributed by atoms with Gasteiger partial charge in [-0.3, -0.25) is 9.59 Å². The molecule has 5 nitrogen and oxygen atoms in total.